The molecule has 3 rings (SSSR count). The maximum Gasteiger partial charge on any atom is 0.271 e. The Morgan fingerprint density at radius 2 is 2.43 bits per heavy atom. The molecule has 2 N–H and O–H groups in total. The zero-order chi connectivity index (χ0) is 14.8. The Morgan fingerprint density at radius 3 is 3.14 bits per heavy atom. The summed E-state index contributed by atoms with van der Waals surface area (Å²) in [5, 5.41) is 7.16. The van der Waals surface area contributed by atoms with Crippen molar-refractivity contribution < 1.29 is 9.21 Å². The van der Waals surface area contributed by atoms with E-state index < -0.39 is 0 Å². The summed E-state index contributed by atoms with van der Waals surface area (Å²) < 4.78 is 5.34. The van der Waals surface area contributed by atoms with E-state index in [0.29, 0.717) is 17.4 Å². The molecule has 0 spiro atoms. The lowest BCUT2D eigenvalue weighted by atomic mass is 9.95. The van der Waals surface area contributed by atoms with E-state index >= 15 is 0 Å². The number of carbonyl (C=O) groups is 1. The quantitative estimate of drug-likeness (QED) is 0.914. The van der Waals surface area contributed by atoms with Crippen molar-refractivity contribution >= 4 is 17.2 Å². The summed E-state index contributed by atoms with van der Waals surface area (Å²) >= 11 is 1.48. The Hall–Kier alpha value is -1.66. The van der Waals surface area contributed by atoms with Gasteiger partial charge in [-0.25, -0.2) is 4.98 Å². The normalized spacial score (nSPS) is 22.2. The Labute approximate surface area is 127 Å². The molecule has 2 aromatic heterocycles. The highest BCUT2D eigenvalue weighted by Gasteiger charge is 2.25. The van der Waals surface area contributed by atoms with E-state index in [4.69, 9.17) is 4.42 Å². The highest BCUT2D eigenvalue weighted by atomic mass is 32.1. The molecule has 1 saturated heterocycles. The number of furan rings is 1. The van der Waals surface area contributed by atoms with Gasteiger partial charge >= 0.3 is 0 Å². The average Bonchev–Trinajstić information content (AvgIpc) is 3.10. The summed E-state index contributed by atoms with van der Waals surface area (Å²) in [4.78, 5) is 17.8. The lowest BCUT2D eigenvalue weighted by molar-refractivity contribution is 0.0910. The number of rotatable bonds is 3. The number of amides is 1. The fourth-order valence-electron chi connectivity index (χ4n) is 2.53. The molecular formula is C15H19N3O2S. The predicted molar refractivity (Wildman–Crippen MR) is 82.5 cm³/mol. The van der Waals surface area contributed by atoms with Gasteiger partial charge < -0.3 is 15.1 Å². The molecule has 0 aliphatic carbocycles. The van der Waals surface area contributed by atoms with E-state index in [1.807, 2.05) is 19.1 Å². The Kier molecular flexibility index (Phi) is 4.07. The number of thiazole rings is 1. The second-order valence-corrected chi connectivity index (χ2v) is 6.65. The lowest BCUT2D eigenvalue weighted by Crippen LogP contribution is -2.50. The van der Waals surface area contributed by atoms with Crippen LogP contribution in [0, 0.1) is 12.8 Å². The molecule has 2 atom stereocenters. The first kappa shape index (κ1) is 14.3. The average molecular weight is 305 g/mol. The van der Waals surface area contributed by atoms with E-state index in [9.17, 15) is 4.79 Å². The van der Waals surface area contributed by atoms with Gasteiger partial charge in [-0.3, -0.25) is 4.79 Å². The monoisotopic (exact) mass is 305 g/mol. The van der Waals surface area contributed by atoms with Crippen LogP contribution in [0.4, 0.5) is 0 Å². The third-order valence-corrected chi connectivity index (χ3v) is 4.87. The van der Waals surface area contributed by atoms with Crippen LogP contribution in [-0.2, 0) is 0 Å². The van der Waals surface area contributed by atoms with Crippen LogP contribution in [-0.4, -0.2) is 30.0 Å². The molecule has 0 saturated carbocycles. The standard InChI is InChI=1S/C15H19N3O2S/c1-9-5-6-16-8-11(9)17-14(19)13-10(2)21-15(18-13)12-4-3-7-20-12/h3-4,7,9,11,16H,5-6,8H2,1-2H3,(H,17,19). The molecule has 6 heteroatoms. The van der Waals surface area contributed by atoms with Crippen LogP contribution in [0.15, 0.2) is 22.8 Å². The van der Waals surface area contributed by atoms with Gasteiger partial charge in [-0.2, -0.15) is 0 Å². The zero-order valence-corrected chi connectivity index (χ0v) is 13.0. The van der Waals surface area contributed by atoms with Crippen molar-refractivity contribution in [3.8, 4) is 10.8 Å². The smallest absolute Gasteiger partial charge is 0.271 e. The fourth-order valence-corrected chi connectivity index (χ4v) is 3.41. The molecule has 2 aromatic rings. The number of hydrogen-bond donors (Lipinski definition) is 2. The van der Waals surface area contributed by atoms with Crippen LogP contribution in [0.3, 0.4) is 0 Å². The number of nitrogens with one attached hydrogen (secondary N) is 2. The Bertz CT molecular complexity index is 621. The maximum atomic E-state index is 12.4. The van der Waals surface area contributed by atoms with Crippen LogP contribution in [0.25, 0.3) is 10.8 Å². The largest absolute Gasteiger partial charge is 0.462 e. The predicted octanol–water partition coefficient (Wildman–Crippen LogP) is 2.44. The molecule has 1 aliphatic rings. The number of aromatic nitrogens is 1. The van der Waals surface area contributed by atoms with E-state index in [1.54, 1.807) is 6.26 Å². The van der Waals surface area contributed by atoms with Crippen LogP contribution >= 0.6 is 11.3 Å². The van der Waals surface area contributed by atoms with Crippen LogP contribution in [0.1, 0.15) is 28.7 Å². The van der Waals surface area contributed by atoms with Crippen LogP contribution < -0.4 is 10.6 Å². The first-order valence-corrected chi connectivity index (χ1v) is 7.99. The van der Waals surface area contributed by atoms with Gasteiger partial charge in [0.1, 0.15) is 5.69 Å². The van der Waals surface area contributed by atoms with Crippen LogP contribution in [0.5, 0.6) is 0 Å². The Balaban J connectivity index is 1.75. The molecule has 3 heterocycles. The zero-order valence-electron chi connectivity index (χ0n) is 12.2. The summed E-state index contributed by atoms with van der Waals surface area (Å²) in [7, 11) is 0. The molecule has 1 aliphatic heterocycles. The van der Waals surface area contributed by atoms with Crippen molar-refractivity contribution in [2.24, 2.45) is 5.92 Å². The molecule has 0 bridgehead atoms. The van der Waals surface area contributed by atoms with Gasteiger partial charge in [-0.15, -0.1) is 11.3 Å². The summed E-state index contributed by atoms with van der Waals surface area (Å²) in [6.45, 7) is 5.93. The minimum absolute atomic E-state index is 0.0953. The van der Waals surface area contributed by atoms with Gasteiger partial charge in [-0.05, 0) is 37.9 Å². The molecule has 21 heavy (non-hydrogen) atoms. The van der Waals surface area contributed by atoms with E-state index in [-0.39, 0.29) is 11.9 Å². The number of carbonyl (C=O) groups excluding carboxylic acids is 1. The first-order chi connectivity index (χ1) is 10.1. The number of nitrogens with zero attached hydrogens (tertiary/aromatic N) is 1. The number of piperidine rings is 1. The second kappa shape index (κ2) is 5.99. The van der Waals surface area contributed by atoms with E-state index in [1.165, 1.54) is 11.3 Å². The number of hydrogen-bond acceptors (Lipinski definition) is 5. The SMILES string of the molecule is Cc1sc(-c2ccco2)nc1C(=O)NC1CNCCC1C. The molecule has 112 valence electrons. The third-order valence-electron chi connectivity index (χ3n) is 3.89. The first-order valence-electron chi connectivity index (χ1n) is 7.18. The molecular weight excluding hydrogens is 286 g/mol. The van der Waals surface area contributed by atoms with Crippen molar-refractivity contribution in [2.75, 3.05) is 13.1 Å². The summed E-state index contributed by atoms with van der Waals surface area (Å²) in [5.41, 5.74) is 0.504. The summed E-state index contributed by atoms with van der Waals surface area (Å²) in [6.07, 6.45) is 2.69. The Morgan fingerprint density at radius 1 is 1.57 bits per heavy atom. The molecule has 0 aromatic carbocycles. The topological polar surface area (TPSA) is 67.2 Å². The lowest BCUT2D eigenvalue weighted by Gasteiger charge is -2.30. The van der Waals surface area contributed by atoms with Gasteiger partial charge in [0, 0.05) is 17.5 Å². The maximum absolute atomic E-state index is 12.4. The van der Waals surface area contributed by atoms with Gasteiger partial charge in [0.25, 0.3) is 5.91 Å². The third kappa shape index (κ3) is 3.01. The molecule has 0 radical (unpaired) electrons. The highest BCUT2D eigenvalue weighted by molar-refractivity contribution is 7.15. The fraction of sp³-hybridized carbons (Fsp3) is 0.467. The molecule has 1 amide bonds. The minimum Gasteiger partial charge on any atom is -0.462 e. The minimum atomic E-state index is -0.0953. The van der Waals surface area contributed by atoms with Crippen molar-refractivity contribution in [3.63, 3.8) is 0 Å². The second-order valence-electron chi connectivity index (χ2n) is 5.45. The van der Waals surface area contributed by atoms with Gasteiger partial charge in [0.05, 0.1) is 6.26 Å². The van der Waals surface area contributed by atoms with E-state index in [0.717, 1.165) is 29.4 Å². The van der Waals surface area contributed by atoms with Crippen molar-refractivity contribution in [1.82, 2.24) is 15.6 Å². The van der Waals surface area contributed by atoms with Crippen LogP contribution in [0.2, 0.25) is 0 Å². The molecule has 5 nitrogen and oxygen atoms in total. The molecule has 1 fully saturated rings. The summed E-state index contributed by atoms with van der Waals surface area (Å²) in [5.74, 6) is 1.09. The van der Waals surface area contributed by atoms with Crippen molar-refractivity contribution in [1.29, 1.82) is 0 Å². The van der Waals surface area contributed by atoms with Gasteiger partial charge in [0.15, 0.2) is 10.8 Å². The van der Waals surface area contributed by atoms with E-state index in [2.05, 4.69) is 22.5 Å². The molecule has 2 unspecified atom stereocenters. The van der Waals surface area contributed by atoms with Gasteiger partial charge in [0.2, 0.25) is 0 Å². The number of aryl methyl sites for hydroxylation is 1. The van der Waals surface area contributed by atoms with Crippen molar-refractivity contribution in [2.45, 2.75) is 26.3 Å². The highest BCUT2D eigenvalue weighted by Crippen LogP contribution is 2.28. The summed E-state index contributed by atoms with van der Waals surface area (Å²) in [6, 6.07) is 3.84. The van der Waals surface area contributed by atoms with Gasteiger partial charge in [-0.1, -0.05) is 6.92 Å². The van der Waals surface area contributed by atoms with Crippen molar-refractivity contribution in [3.05, 3.63) is 29.0 Å².